The number of alkyl halides is 3. The summed E-state index contributed by atoms with van der Waals surface area (Å²) in [7, 11) is 0. The lowest BCUT2D eigenvalue weighted by Gasteiger charge is -2.19. The molecule has 2 nitrogen and oxygen atoms in total. The Balaban J connectivity index is 2.53. The molecule has 0 fully saturated rings. The first kappa shape index (κ1) is 14.5. The van der Waals surface area contributed by atoms with Crippen LogP contribution < -0.4 is 5.32 Å². The molecule has 0 bridgehead atoms. The zero-order valence-electron chi connectivity index (χ0n) is 9.13. The third-order valence-electron chi connectivity index (χ3n) is 2.34. The highest BCUT2D eigenvalue weighted by Crippen LogP contribution is 2.21. The molecule has 0 aromatic heterocycles. The molecule has 1 aromatic carbocycles. The van der Waals surface area contributed by atoms with Gasteiger partial charge in [0.2, 0.25) is 0 Å². The minimum atomic E-state index is -4.58. The molecule has 1 rings (SSSR count). The molecule has 6 heteroatoms. The zero-order valence-corrected chi connectivity index (χ0v) is 10.7. The SMILES string of the molecule is C[C@H](NCC(O)C(F)(F)F)c1cccc(Br)c1. The van der Waals surface area contributed by atoms with E-state index in [1.165, 1.54) is 0 Å². The van der Waals surface area contributed by atoms with Crippen molar-refractivity contribution in [2.24, 2.45) is 0 Å². The maximum Gasteiger partial charge on any atom is 0.415 e. The number of halogens is 4. The summed E-state index contributed by atoms with van der Waals surface area (Å²) in [5.41, 5.74) is 0.855. The highest BCUT2D eigenvalue weighted by Gasteiger charge is 2.37. The molecule has 0 amide bonds. The predicted octanol–water partition coefficient (Wildman–Crippen LogP) is 3.02. The smallest absolute Gasteiger partial charge is 0.382 e. The summed E-state index contributed by atoms with van der Waals surface area (Å²) in [5.74, 6) is 0. The lowest BCUT2D eigenvalue weighted by Crippen LogP contribution is -2.39. The summed E-state index contributed by atoms with van der Waals surface area (Å²) in [6.45, 7) is 1.22. The molecule has 96 valence electrons. The van der Waals surface area contributed by atoms with E-state index in [1.54, 1.807) is 13.0 Å². The number of hydrogen-bond donors (Lipinski definition) is 2. The summed E-state index contributed by atoms with van der Waals surface area (Å²) in [6.07, 6.45) is -6.92. The van der Waals surface area contributed by atoms with E-state index in [1.807, 2.05) is 18.2 Å². The fourth-order valence-electron chi connectivity index (χ4n) is 1.30. The first-order valence-electron chi connectivity index (χ1n) is 5.04. The summed E-state index contributed by atoms with van der Waals surface area (Å²) in [5, 5.41) is 11.5. The van der Waals surface area contributed by atoms with Crippen molar-refractivity contribution >= 4 is 15.9 Å². The molecule has 0 aliphatic heterocycles. The Hall–Kier alpha value is -0.590. The van der Waals surface area contributed by atoms with Gasteiger partial charge in [0, 0.05) is 17.1 Å². The Kier molecular flexibility index (Phi) is 4.97. The molecular weight excluding hydrogens is 299 g/mol. The first-order chi connectivity index (χ1) is 7.80. The van der Waals surface area contributed by atoms with Crippen LogP contribution in [-0.2, 0) is 0 Å². The van der Waals surface area contributed by atoms with Gasteiger partial charge in [-0.25, -0.2) is 0 Å². The zero-order chi connectivity index (χ0) is 13.1. The first-order valence-corrected chi connectivity index (χ1v) is 5.83. The van der Waals surface area contributed by atoms with E-state index in [9.17, 15) is 13.2 Å². The maximum absolute atomic E-state index is 12.1. The van der Waals surface area contributed by atoms with Crippen molar-refractivity contribution in [3.8, 4) is 0 Å². The summed E-state index contributed by atoms with van der Waals surface area (Å²) in [4.78, 5) is 0. The number of benzene rings is 1. The normalized spacial score (nSPS) is 15.6. The van der Waals surface area contributed by atoms with Gasteiger partial charge in [-0.2, -0.15) is 13.2 Å². The van der Waals surface area contributed by atoms with Gasteiger partial charge in [-0.15, -0.1) is 0 Å². The minimum Gasteiger partial charge on any atom is -0.382 e. The largest absolute Gasteiger partial charge is 0.415 e. The molecule has 1 aromatic rings. The van der Waals surface area contributed by atoms with Crippen LogP contribution in [0.25, 0.3) is 0 Å². The molecule has 0 saturated heterocycles. The molecule has 0 saturated carbocycles. The van der Waals surface area contributed by atoms with Gasteiger partial charge in [0.15, 0.2) is 6.10 Å². The van der Waals surface area contributed by atoms with E-state index in [-0.39, 0.29) is 6.04 Å². The molecule has 0 heterocycles. The van der Waals surface area contributed by atoms with Crippen LogP contribution in [0.15, 0.2) is 28.7 Å². The molecule has 2 N–H and O–H groups in total. The maximum atomic E-state index is 12.1. The number of hydrogen-bond acceptors (Lipinski definition) is 2. The van der Waals surface area contributed by atoms with Crippen molar-refractivity contribution in [1.29, 1.82) is 0 Å². The predicted molar refractivity (Wildman–Crippen MR) is 62.6 cm³/mol. The lowest BCUT2D eigenvalue weighted by molar-refractivity contribution is -0.202. The molecule has 0 aliphatic carbocycles. The van der Waals surface area contributed by atoms with Gasteiger partial charge < -0.3 is 10.4 Å². The standard InChI is InChI=1S/C11H13BrF3NO/c1-7(8-3-2-4-9(12)5-8)16-6-10(17)11(13,14)15/h2-5,7,10,16-17H,6H2,1H3/t7-,10?/m0/s1. The van der Waals surface area contributed by atoms with Crippen molar-refractivity contribution < 1.29 is 18.3 Å². The van der Waals surface area contributed by atoms with E-state index in [0.717, 1.165) is 10.0 Å². The van der Waals surface area contributed by atoms with E-state index in [4.69, 9.17) is 5.11 Å². The molecule has 17 heavy (non-hydrogen) atoms. The van der Waals surface area contributed by atoms with Gasteiger partial charge in [-0.1, -0.05) is 28.1 Å². The lowest BCUT2D eigenvalue weighted by atomic mass is 10.1. The van der Waals surface area contributed by atoms with Crippen LogP contribution in [0.2, 0.25) is 0 Å². The van der Waals surface area contributed by atoms with Crippen LogP contribution in [0.1, 0.15) is 18.5 Å². The van der Waals surface area contributed by atoms with Gasteiger partial charge in [0.25, 0.3) is 0 Å². The van der Waals surface area contributed by atoms with Crippen molar-refractivity contribution in [1.82, 2.24) is 5.32 Å². The highest BCUT2D eigenvalue weighted by molar-refractivity contribution is 9.10. The molecule has 0 radical (unpaired) electrons. The average Bonchev–Trinajstić information content (AvgIpc) is 2.24. The fraction of sp³-hybridized carbons (Fsp3) is 0.455. The van der Waals surface area contributed by atoms with Gasteiger partial charge >= 0.3 is 6.18 Å². The van der Waals surface area contributed by atoms with Crippen LogP contribution in [-0.4, -0.2) is 23.9 Å². The van der Waals surface area contributed by atoms with Gasteiger partial charge in [0.05, 0.1) is 0 Å². The number of nitrogens with one attached hydrogen (secondary N) is 1. The minimum absolute atomic E-state index is 0.260. The Morgan fingerprint density at radius 3 is 2.59 bits per heavy atom. The van der Waals surface area contributed by atoms with Crippen LogP contribution in [0.3, 0.4) is 0 Å². The summed E-state index contributed by atoms with van der Waals surface area (Å²) >= 11 is 3.29. The molecule has 2 atom stereocenters. The molecular formula is C11H13BrF3NO. The Morgan fingerprint density at radius 1 is 1.41 bits per heavy atom. The second kappa shape index (κ2) is 5.84. The summed E-state index contributed by atoms with van der Waals surface area (Å²) in [6, 6.07) is 7.00. The van der Waals surface area contributed by atoms with E-state index < -0.39 is 18.8 Å². The van der Waals surface area contributed by atoms with Gasteiger partial charge in [0.1, 0.15) is 0 Å². The number of aliphatic hydroxyl groups is 1. The monoisotopic (exact) mass is 311 g/mol. The molecule has 0 spiro atoms. The van der Waals surface area contributed by atoms with Gasteiger partial charge in [-0.3, -0.25) is 0 Å². The van der Waals surface area contributed by atoms with Crippen LogP contribution in [0, 0.1) is 0 Å². The Bertz CT molecular complexity index is 370. The van der Waals surface area contributed by atoms with Crippen molar-refractivity contribution in [3.05, 3.63) is 34.3 Å². The third kappa shape index (κ3) is 4.65. The Morgan fingerprint density at radius 2 is 2.06 bits per heavy atom. The van der Waals surface area contributed by atoms with Crippen LogP contribution in [0.4, 0.5) is 13.2 Å². The third-order valence-corrected chi connectivity index (χ3v) is 2.84. The Labute approximate surface area is 106 Å². The van der Waals surface area contributed by atoms with Crippen LogP contribution in [0.5, 0.6) is 0 Å². The molecule has 0 aliphatic rings. The van der Waals surface area contributed by atoms with Gasteiger partial charge in [-0.05, 0) is 24.6 Å². The fourth-order valence-corrected chi connectivity index (χ4v) is 1.71. The topological polar surface area (TPSA) is 32.3 Å². The quantitative estimate of drug-likeness (QED) is 0.896. The highest BCUT2D eigenvalue weighted by atomic mass is 79.9. The van der Waals surface area contributed by atoms with E-state index in [0.29, 0.717) is 0 Å². The summed E-state index contributed by atoms with van der Waals surface area (Å²) < 4.78 is 37.1. The van der Waals surface area contributed by atoms with E-state index >= 15 is 0 Å². The second-order valence-electron chi connectivity index (χ2n) is 3.74. The van der Waals surface area contributed by atoms with Crippen molar-refractivity contribution in [2.45, 2.75) is 25.2 Å². The van der Waals surface area contributed by atoms with Crippen molar-refractivity contribution in [3.63, 3.8) is 0 Å². The molecule has 1 unspecified atom stereocenters. The second-order valence-corrected chi connectivity index (χ2v) is 4.66. The number of aliphatic hydroxyl groups excluding tert-OH is 1. The average molecular weight is 312 g/mol. The van der Waals surface area contributed by atoms with E-state index in [2.05, 4.69) is 21.2 Å². The van der Waals surface area contributed by atoms with Crippen molar-refractivity contribution in [2.75, 3.05) is 6.54 Å². The van der Waals surface area contributed by atoms with Crippen LogP contribution >= 0.6 is 15.9 Å². The number of rotatable bonds is 4.